The normalized spacial score (nSPS) is 19.7. The molecule has 8 nitrogen and oxygen atoms in total. The van der Waals surface area contributed by atoms with Crippen molar-refractivity contribution in [2.45, 2.75) is 45.2 Å². The summed E-state index contributed by atoms with van der Waals surface area (Å²) < 4.78 is 0. The lowest BCUT2D eigenvalue weighted by atomic mass is 9.72. The van der Waals surface area contributed by atoms with Gasteiger partial charge in [0.05, 0.1) is 21.6 Å². The molecule has 1 heterocycles. The summed E-state index contributed by atoms with van der Waals surface area (Å²) in [5, 5.41) is 46.4. The van der Waals surface area contributed by atoms with Crippen molar-refractivity contribution in [1.29, 1.82) is 0 Å². The molecule has 4 aromatic rings. The van der Waals surface area contributed by atoms with Gasteiger partial charge >= 0.3 is 0 Å². The molecule has 0 saturated carbocycles. The van der Waals surface area contributed by atoms with E-state index in [1.165, 1.54) is 12.1 Å². The zero-order chi connectivity index (χ0) is 25.1. The topological polar surface area (TPSA) is 144 Å². The number of aliphatic hydroxyl groups excluding tert-OH is 1. The van der Waals surface area contributed by atoms with Crippen LogP contribution in [0.15, 0.2) is 21.7 Å². The van der Waals surface area contributed by atoms with Crippen LogP contribution in [0.3, 0.4) is 0 Å². The van der Waals surface area contributed by atoms with Crippen molar-refractivity contribution in [3.05, 3.63) is 54.5 Å². The molecule has 180 valence electrons. The Bertz CT molecular complexity index is 1790. The molecule has 8 heteroatoms. The molecule has 0 spiro atoms. The van der Waals surface area contributed by atoms with Crippen molar-refractivity contribution < 1.29 is 20.4 Å². The van der Waals surface area contributed by atoms with Crippen molar-refractivity contribution in [3.63, 3.8) is 0 Å². The van der Waals surface area contributed by atoms with Gasteiger partial charge in [0.25, 0.3) is 0 Å². The molecule has 6 N–H and O–H groups in total. The molecule has 1 saturated heterocycles. The first-order valence-corrected chi connectivity index (χ1v) is 11.7. The minimum atomic E-state index is -1.08. The third-order valence-electron chi connectivity index (χ3n) is 7.98. The van der Waals surface area contributed by atoms with Crippen LogP contribution < -0.4 is 21.8 Å². The lowest BCUT2D eigenvalue weighted by molar-refractivity contribution is 0.319. The zero-order valence-corrected chi connectivity index (χ0v) is 19.7. The molecule has 1 atom stereocenters. The molecule has 35 heavy (non-hydrogen) atoms. The summed E-state index contributed by atoms with van der Waals surface area (Å²) >= 11 is 0. The van der Waals surface area contributed by atoms with Crippen LogP contribution in [0.4, 0.5) is 0 Å². The molecule has 0 bridgehead atoms. The van der Waals surface area contributed by atoms with E-state index in [-0.39, 0.29) is 51.0 Å². The summed E-state index contributed by atoms with van der Waals surface area (Å²) in [5.74, 6) is -1.18. The number of nitrogens with two attached hydrogens (primary N) is 1. The molecule has 1 aliphatic heterocycles. The first-order chi connectivity index (χ1) is 16.4. The average Bonchev–Trinajstić information content (AvgIpc) is 3.18. The molecule has 1 unspecified atom stereocenters. The second-order valence-electron chi connectivity index (χ2n) is 10.5. The highest BCUT2D eigenvalue weighted by Gasteiger charge is 2.38. The summed E-state index contributed by atoms with van der Waals surface area (Å²) in [7, 11) is 0. The molecular weight excluding hydrogens is 448 g/mol. The smallest absolute Gasteiger partial charge is 0.198 e. The molecule has 0 radical (unpaired) electrons. The van der Waals surface area contributed by atoms with Gasteiger partial charge in [-0.2, -0.15) is 0 Å². The summed E-state index contributed by atoms with van der Waals surface area (Å²) in [5.41, 5.74) is 5.04. The first kappa shape index (κ1) is 21.9. The van der Waals surface area contributed by atoms with Crippen molar-refractivity contribution in [3.8, 4) is 17.2 Å². The highest BCUT2D eigenvalue weighted by Crippen LogP contribution is 2.51. The number of phenols is 3. The van der Waals surface area contributed by atoms with Crippen LogP contribution >= 0.6 is 0 Å². The summed E-state index contributed by atoms with van der Waals surface area (Å²) in [6.07, 6.45) is 0.760. The maximum absolute atomic E-state index is 13.8. The van der Waals surface area contributed by atoms with E-state index in [2.05, 4.69) is 0 Å². The van der Waals surface area contributed by atoms with Crippen LogP contribution in [0.5, 0.6) is 17.2 Å². The second kappa shape index (κ2) is 6.74. The van der Waals surface area contributed by atoms with Gasteiger partial charge in [-0.05, 0) is 55.8 Å². The minimum Gasteiger partial charge on any atom is -0.511 e. The van der Waals surface area contributed by atoms with Gasteiger partial charge in [0.1, 0.15) is 23.0 Å². The maximum atomic E-state index is 13.8. The number of nitrogens with zero attached hydrogens (tertiary/aromatic N) is 1. The van der Waals surface area contributed by atoms with E-state index < -0.39 is 27.8 Å². The number of phenolic OH excluding ortho intramolecular Hbond substituents is 3. The molecule has 0 aromatic heterocycles. The van der Waals surface area contributed by atoms with Crippen molar-refractivity contribution in [2.24, 2.45) is 5.73 Å². The number of benzene rings is 4. The monoisotopic (exact) mass is 474 g/mol. The Morgan fingerprint density at radius 1 is 0.971 bits per heavy atom. The van der Waals surface area contributed by atoms with E-state index in [1.807, 2.05) is 4.90 Å². The average molecular weight is 475 g/mol. The van der Waals surface area contributed by atoms with Gasteiger partial charge < -0.3 is 26.2 Å². The third-order valence-corrected chi connectivity index (χ3v) is 7.98. The minimum absolute atomic E-state index is 0.00643. The number of hydrogen-bond acceptors (Lipinski definition) is 8. The fraction of sp³-hybridized carbons (Fsp3) is 0.333. The molecule has 6 rings (SSSR count). The first-order valence-electron chi connectivity index (χ1n) is 11.7. The SMILES string of the molecule is Cc1cc(=O)c2c(O)c3c(O)c(CN4CCC(N)C4)c(=O)c4c3c3c(cc(O)c1c23)C(C)(C)C=4O. The van der Waals surface area contributed by atoms with E-state index >= 15 is 0 Å². The number of likely N-dealkylation sites (tertiary alicyclic amines) is 1. The van der Waals surface area contributed by atoms with Crippen molar-refractivity contribution in [1.82, 2.24) is 4.90 Å². The number of rotatable bonds is 2. The quantitative estimate of drug-likeness (QED) is 0.219. The number of aliphatic hydroxyl groups is 1. The largest absolute Gasteiger partial charge is 0.511 e. The molecular formula is C27H26N2O6. The highest BCUT2D eigenvalue weighted by atomic mass is 16.3. The van der Waals surface area contributed by atoms with Crippen LogP contribution in [0.1, 0.15) is 37.0 Å². The van der Waals surface area contributed by atoms with Gasteiger partial charge in [-0.1, -0.05) is 0 Å². The standard InChI is InChI=1S/C27H26N2O6/c1-10-6-14(30)18-19-16(10)15(31)7-13-17(19)20-21(25(18)34)23(32)12(9-29-5-4-11(28)8-29)24(33)22(20)26(35)27(13,2)3/h6-7,11,31-32,34-35H,4-5,8-9,28H2,1-3H3. The number of aromatic hydroxyl groups is 3. The van der Waals surface area contributed by atoms with Crippen molar-refractivity contribution in [2.75, 3.05) is 13.1 Å². The lowest BCUT2D eigenvalue weighted by Crippen LogP contribution is -2.40. The Kier molecular flexibility index (Phi) is 4.21. The van der Waals surface area contributed by atoms with E-state index in [1.54, 1.807) is 20.8 Å². The van der Waals surface area contributed by atoms with Crippen molar-refractivity contribution >= 4 is 38.1 Å². The Morgan fingerprint density at radius 3 is 2.34 bits per heavy atom. The van der Waals surface area contributed by atoms with E-state index in [0.717, 1.165) is 6.42 Å². The van der Waals surface area contributed by atoms with E-state index in [4.69, 9.17) is 5.73 Å². The Hall–Kier alpha value is -3.62. The van der Waals surface area contributed by atoms with Gasteiger partial charge in [0.2, 0.25) is 0 Å². The van der Waals surface area contributed by atoms with Crippen LogP contribution in [0, 0.1) is 6.92 Å². The Labute approximate surface area is 199 Å². The maximum Gasteiger partial charge on any atom is 0.198 e. The summed E-state index contributed by atoms with van der Waals surface area (Å²) in [6, 6.07) is 2.84. The van der Waals surface area contributed by atoms with Crippen LogP contribution in [0.2, 0.25) is 0 Å². The molecule has 4 aromatic carbocycles. The van der Waals surface area contributed by atoms with Gasteiger partial charge in [-0.15, -0.1) is 0 Å². The fourth-order valence-electron chi connectivity index (χ4n) is 6.18. The highest BCUT2D eigenvalue weighted by molar-refractivity contribution is 6.29. The van der Waals surface area contributed by atoms with E-state index in [0.29, 0.717) is 40.4 Å². The van der Waals surface area contributed by atoms with Gasteiger partial charge in [0, 0.05) is 47.2 Å². The lowest BCUT2D eigenvalue weighted by Gasteiger charge is -2.32. The predicted molar refractivity (Wildman–Crippen MR) is 135 cm³/mol. The van der Waals surface area contributed by atoms with Crippen LogP contribution in [-0.2, 0) is 12.0 Å². The summed E-state index contributed by atoms with van der Waals surface area (Å²) in [4.78, 5) is 28.9. The summed E-state index contributed by atoms with van der Waals surface area (Å²) in [6.45, 7) is 6.47. The predicted octanol–water partition coefficient (Wildman–Crippen LogP) is 1.94. The van der Waals surface area contributed by atoms with Gasteiger partial charge in [-0.3, -0.25) is 14.5 Å². The van der Waals surface area contributed by atoms with Crippen LogP contribution in [-0.4, -0.2) is 44.5 Å². The Balaban J connectivity index is 1.92. The third kappa shape index (κ3) is 2.58. The van der Waals surface area contributed by atoms with Gasteiger partial charge in [-0.25, -0.2) is 0 Å². The van der Waals surface area contributed by atoms with E-state index in [9.17, 15) is 30.0 Å². The number of aryl methyl sites for hydroxylation is 1. The second-order valence-corrected chi connectivity index (χ2v) is 10.5. The molecule has 1 aliphatic carbocycles. The van der Waals surface area contributed by atoms with Crippen LogP contribution in [0.25, 0.3) is 38.1 Å². The Morgan fingerprint density at radius 2 is 1.69 bits per heavy atom. The molecule has 0 amide bonds. The zero-order valence-electron chi connectivity index (χ0n) is 19.7. The van der Waals surface area contributed by atoms with Gasteiger partial charge in [0.15, 0.2) is 10.9 Å². The molecule has 1 fully saturated rings. The fourth-order valence-corrected chi connectivity index (χ4v) is 6.18. The number of hydrogen-bond donors (Lipinski definition) is 5. The molecule has 2 aliphatic rings.